The molecule has 2 nitrogen and oxygen atoms in total. The molecule has 0 radical (unpaired) electrons. The second kappa shape index (κ2) is 3.32. The van der Waals surface area contributed by atoms with Crippen molar-refractivity contribution in [2.75, 3.05) is 0 Å². The Bertz CT molecular complexity index is 456. The zero-order chi connectivity index (χ0) is 11.7. The van der Waals surface area contributed by atoms with Crippen molar-refractivity contribution < 1.29 is 0 Å². The Morgan fingerprint density at radius 1 is 1.24 bits per heavy atom. The second-order valence-corrected chi connectivity index (χ2v) is 8.38. The van der Waals surface area contributed by atoms with E-state index in [-0.39, 0.29) is 0 Å². The molecule has 4 aliphatic rings. The molecule has 1 aromatic rings. The Kier molecular flexibility index (Phi) is 2.13. The number of aromatic nitrogens is 2. The highest BCUT2D eigenvalue weighted by molar-refractivity contribution is 9.10. The Balaban J connectivity index is 1.79. The Morgan fingerprint density at radius 3 is 2.47 bits per heavy atom. The van der Waals surface area contributed by atoms with Gasteiger partial charge in [-0.1, -0.05) is 6.92 Å². The molecular formula is C13H17BrN2S. The summed E-state index contributed by atoms with van der Waals surface area (Å²) in [5.74, 6) is 1.92. The topological polar surface area (TPSA) is 25.8 Å². The van der Waals surface area contributed by atoms with Crippen LogP contribution in [0.3, 0.4) is 0 Å². The third kappa shape index (κ3) is 1.56. The quantitative estimate of drug-likeness (QED) is 0.778. The first-order valence-corrected chi connectivity index (χ1v) is 8.13. The van der Waals surface area contributed by atoms with E-state index in [4.69, 9.17) is 0 Å². The molecule has 2 unspecified atom stereocenters. The van der Waals surface area contributed by atoms with E-state index in [0.29, 0.717) is 10.8 Å². The van der Waals surface area contributed by atoms with Gasteiger partial charge in [0.1, 0.15) is 5.01 Å². The first kappa shape index (κ1) is 10.9. The molecule has 0 spiro atoms. The van der Waals surface area contributed by atoms with E-state index in [2.05, 4.69) is 32.2 Å². The Morgan fingerprint density at radius 2 is 1.94 bits per heavy atom. The average Bonchev–Trinajstić information content (AvgIpc) is 2.61. The zero-order valence-corrected chi connectivity index (χ0v) is 12.5. The van der Waals surface area contributed by atoms with Crippen molar-refractivity contribution in [1.29, 1.82) is 0 Å². The highest BCUT2D eigenvalue weighted by atomic mass is 79.9. The van der Waals surface area contributed by atoms with Crippen LogP contribution in [0, 0.1) is 17.3 Å². The van der Waals surface area contributed by atoms with E-state index in [1.807, 2.05) is 0 Å². The second-order valence-electron chi connectivity index (χ2n) is 6.92. The van der Waals surface area contributed by atoms with E-state index in [0.717, 1.165) is 16.6 Å². The van der Waals surface area contributed by atoms with Gasteiger partial charge in [-0.3, -0.25) is 0 Å². The molecule has 17 heavy (non-hydrogen) atoms. The molecule has 92 valence electrons. The number of nitrogens with zero attached hydrogens (tertiary/aromatic N) is 2. The molecule has 4 bridgehead atoms. The molecule has 4 heteroatoms. The van der Waals surface area contributed by atoms with Crippen LogP contribution in [-0.4, -0.2) is 9.36 Å². The monoisotopic (exact) mass is 312 g/mol. The molecule has 5 rings (SSSR count). The van der Waals surface area contributed by atoms with Gasteiger partial charge in [0.25, 0.3) is 0 Å². The van der Waals surface area contributed by atoms with Crippen LogP contribution in [0.25, 0.3) is 0 Å². The summed E-state index contributed by atoms with van der Waals surface area (Å²) in [5, 5.41) is 1.31. The summed E-state index contributed by atoms with van der Waals surface area (Å²) in [5.41, 5.74) is 0.991. The van der Waals surface area contributed by atoms with E-state index < -0.39 is 0 Å². The number of rotatable bonds is 1. The summed E-state index contributed by atoms with van der Waals surface area (Å²) in [6.45, 7) is 2.51. The maximum atomic E-state index is 4.66. The van der Waals surface area contributed by atoms with Crippen molar-refractivity contribution >= 4 is 27.5 Å². The molecule has 1 aromatic heterocycles. The normalized spacial score (nSPS) is 47.6. The Hall–Kier alpha value is 0.0400. The number of halogens is 1. The average molecular weight is 313 g/mol. The number of hydrogen-bond donors (Lipinski definition) is 0. The van der Waals surface area contributed by atoms with Gasteiger partial charge in [0.2, 0.25) is 4.73 Å². The van der Waals surface area contributed by atoms with Gasteiger partial charge >= 0.3 is 0 Å². The van der Waals surface area contributed by atoms with Gasteiger partial charge in [-0.2, -0.15) is 4.37 Å². The van der Waals surface area contributed by atoms with Gasteiger partial charge in [0, 0.05) is 5.41 Å². The summed E-state index contributed by atoms with van der Waals surface area (Å²) in [4.78, 5) is 4.66. The molecule has 2 atom stereocenters. The van der Waals surface area contributed by atoms with Crippen molar-refractivity contribution in [3.63, 3.8) is 0 Å². The predicted octanol–water partition coefficient (Wildman–Crippen LogP) is 4.16. The fourth-order valence-electron chi connectivity index (χ4n) is 5.39. The minimum Gasteiger partial charge on any atom is -0.213 e. The van der Waals surface area contributed by atoms with Crippen LogP contribution in [0.4, 0.5) is 0 Å². The maximum absolute atomic E-state index is 4.66. The third-order valence-corrected chi connectivity index (χ3v) is 6.76. The van der Waals surface area contributed by atoms with Crippen LogP contribution in [0.1, 0.15) is 50.5 Å². The van der Waals surface area contributed by atoms with E-state index >= 15 is 0 Å². The maximum Gasteiger partial charge on any atom is 0.209 e. The Labute approximate surface area is 115 Å². The zero-order valence-electron chi connectivity index (χ0n) is 10.1. The first-order chi connectivity index (χ1) is 8.07. The van der Waals surface area contributed by atoms with E-state index in [9.17, 15) is 0 Å². The van der Waals surface area contributed by atoms with Crippen LogP contribution in [0.5, 0.6) is 0 Å². The lowest BCUT2D eigenvalue weighted by molar-refractivity contribution is -0.0616. The molecular weight excluding hydrogens is 296 g/mol. The van der Waals surface area contributed by atoms with Crippen LogP contribution in [-0.2, 0) is 5.41 Å². The molecule has 4 aliphatic carbocycles. The van der Waals surface area contributed by atoms with Gasteiger partial charge in [-0.05, 0) is 83.2 Å². The van der Waals surface area contributed by atoms with Crippen molar-refractivity contribution in [3.8, 4) is 0 Å². The van der Waals surface area contributed by atoms with Crippen LogP contribution in [0.2, 0.25) is 0 Å². The van der Waals surface area contributed by atoms with Crippen LogP contribution in [0.15, 0.2) is 4.73 Å². The number of hydrogen-bond acceptors (Lipinski definition) is 3. The molecule has 0 amide bonds. The lowest BCUT2D eigenvalue weighted by atomic mass is 9.45. The van der Waals surface area contributed by atoms with Crippen LogP contribution < -0.4 is 0 Å². The first-order valence-electron chi connectivity index (χ1n) is 6.57. The van der Waals surface area contributed by atoms with E-state index in [1.165, 1.54) is 43.5 Å². The summed E-state index contributed by atoms with van der Waals surface area (Å²) < 4.78 is 5.13. The lowest BCUT2D eigenvalue weighted by Gasteiger charge is -2.60. The fraction of sp³-hybridized carbons (Fsp3) is 0.846. The van der Waals surface area contributed by atoms with Gasteiger partial charge in [0.15, 0.2) is 0 Å². The third-order valence-electron chi connectivity index (χ3n) is 5.21. The molecule has 0 aliphatic heterocycles. The SMILES string of the molecule is CC12CC3CC(C1)CC(c1nc(Br)ns1)(C3)C2. The van der Waals surface area contributed by atoms with Crippen molar-refractivity contribution in [3.05, 3.63) is 9.74 Å². The van der Waals surface area contributed by atoms with Gasteiger partial charge in [-0.15, -0.1) is 0 Å². The van der Waals surface area contributed by atoms with Gasteiger partial charge in [0.05, 0.1) is 0 Å². The molecule has 4 saturated carbocycles. The van der Waals surface area contributed by atoms with Crippen molar-refractivity contribution in [2.45, 2.75) is 50.9 Å². The molecule has 0 N–H and O–H groups in total. The van der Waals surface area contributed by atoms with Crippen LogP contribution >= 0.6 is 27.5 Å². The minimum absolute atomic E-state index is 0.391. The summed E-state index contributed by atoms with van der Waals surface area (Å²) >= 11 is 5.04. The molecule has 0 aromatic carbocycles. The van der Waals surface area contributed by atoms with Gasteiger partial charge < -0.3 is 0 Å². The summed E-state index contributed by atoms with van der Waals surface area (Å²) in [7, 11) is 0. The molecule has 0 saturated heterocycles. The standard InChI is InChI=1S/C13H17BrN2S/c1-12-3-8-2-9(4-12)6-13(5-8,7-12)10-15-11(14)16-17-10/h8-9H,2-7H2,1H3. The van der Waals surface area contributed by atoms with Crippen molar-refractivity contribution in [2.24, 2.45) is 17.3 Å². The fourth-order valence-corrected chi connectivity index (χ4v) is 6.67. The largest absolute Gasteiger partial charge is 0.213 e. The summed E-state index contributed by atoms with van der Waals surface area (Å²) in [6.07, 6.45) is 8.52. The molecule has 1 heterocycles. The summed E-state index contributed by atoms with van der Waals surface area (Å²) in [6, 6.07) is 0. The highest BCUT2D eigenvalue weighted by Crippen LogP contribution is 2.65. The van der Waals surface area contributed by atoms with E-state index in [1.54, 1.807) is 11.5 Å². The molecule has 4 fully saturated rings. The minimum atomic E-state index is 0.391. The lowest BCUT2D eigenvalue weighted by Crippen LogP contribution is -2.52. The smallest absolute Gasteiger partial charge is 0.209 e. The predicted molar refractivity (Wildman–Crippen MR) is 72.1 cm³/mol. The van der Waals surface area contributed by atoms with Gasteiger partial charge in [-0.25, -0.2) is 4.98 Å². The van der Waals surface area contributed by atoms with Crippen molar-refractivity contribution in [1.82, 2.24) is 9.36 Å². The highest BCUT2D eigenvalue weighted by Gasteiger charge is 2.57.